The number of nitro groups is 1. The zero-order valence-electron chi connectivity index (χ0n) is 16.9. The molecule has 1 unspecified atom stereocenters. The van der Waals surface area contributed by atoms with Gasteiger partial charge in [0.15, 0.2) is 4.80 Å². The first-order valence-electron chi connectivity index (χ1n) is 9.41. The Labute approximate surface area is 194 Å². The van der Waals surface area contributed by atoms with Gasteiger partial charge in [0.2, 0.25) is 0 Å². The van der Waals surface area contributed by atoms with Gasteiger partial charge >= 0.3 is 5.97 Å². The zero-order chi connectivity index (χ0) is 23.0. The van der Waals surface area contributed by atoms with E-state index in [0.29, 0.717) is 26.2 Å². The molecule has 0 aliphatic carbocycles. The van der Waals surface area contributed by atoms with Crippen molar-refractivity contribution in [3.05, 3.63) is 105 Å². The molecule has 0 saturated heterocycles. The molecule has 0 fully saturated rings. The molecule has 1 atom stereocenters. The molecule has 32 heavy (non-hydrogen) atoms. The Kier molecular flexibility index (Phi) is 5.90. The van der Waals surface area contributed by atoms with Crippen molar-refractivity contribution < 1.29 is 14.5 Å². The molecule has 1 aromatic heterocycles. The van der Waals surface area contributed by atoms with Crippen LogP contribution in [0.25, 0.3) is 6.08 Å². The van der Waals surface area contributed by atoms with E-state index in [2.05, 4.69) is 20.9 Å². The number of carbonyl (C=O) groups is 1. The summed E-state index contributed by atoms with van der Waals surface area (Å²) in [5, 5.41) is 10.9. The third-order valence-corrected chi connectivity index (χ3v) is 6.47. The Morgan fingerprint density at radius 3 is 2.62 bits per heavy atom. The van der Waals surface area contributed by atoms with Crippen molar-refractivity contribution >= 4 is 45.0 Å². The maximum absolute atomic E-state index is 13.4. The summed E-state index contributed by atoms with van der Waals surface area (Å²) in [6.07, 6.45) is 1.66. The van der Waals surface area contributed by atoms with E-state index in [4.69, 9.17) is 4.74 Å². The fourth-order valence-corrected chi connectivity index (χ4v) is 4.99. The van der Waals surface area contributed by atoms with Crippen molar-refractivity contribution in [1.29, 1.82) is 0 Å². The molecule has 0 bridgehead atoms. The van der Waals surface area contributed by atoms with Gasteiger partial charge in [-0.25, -0.2) is 9.79 Å². The smallest absolute Gasteiger partial charge is 0.338 e. The number of ether oxygens (including phenoxy) is 1. The molecule has 10 heteroatoms. The maximum atomic E-state index is 13.4. The lowest BCUT2D eigenvalue weighted by Gasteiger charge is -2.24. The summed E-state index contributed by atoms with van der Waals surface area (Å²) in [6.45, 7) is 1.71. The van der Waals surface area contributed by atoms with E-state index in [9.17, 15) is 19.7 Å². The highest BCUT2D eigenvalue weighted by Gasteiger charge is 2.33. The summed E-state index contributed by atoms with van der Waals surface area (Å²) in [5.74, 6) is -0.555. The average molecular weight is 514 g/mol. The molecule has 8 nitrogen and oxygen atoms in total. The van der Waals surface area contributed by atoms with Crippen LogP contribution in [0.4, 0.5) is 5.69 Å². The van der Waals surface area contributed by atoms with E-state index in [1.807, 2.05) is 24.3 Å². The monoisotopic (exact) mass is 513 g/mol. The number of carbonyl (C=O) groups excluding carboxylic acids is 1. The molecular weight excluding hydrogens is 498 g/mol. The molecule has 3 aromatic rings. The predicted molar refractivity (Wildman–Crippen MR) is 123 cm³/mol. The van der Waals surface area contributed by atoms with Crippen molar-refractivity contribution in [3.63, 3.8) is 0 Å². The van der Waals surface area contributed by atoms with Gasteiger partial charge in [-0.15, -0.1) is 0 Å². The van der Waals surface area contributed by atoms with Gasteiger partial charge in [0.1, 0.15) is 0 Å². The van der Waals surface area contributed by atoms with Gasteiger partial charge in [0.05, 0.1) is 33.9 Å². The van der Waals surface area contributed by atoms with Gasteiger partial charge in [0.25, 0.3) is 11.2 Å². The zero-order valence-corrected chi connectivity index (χ0v) is 19.3. The molecule has 0 amide bonds. The molecule has 1 aliphatic heterocycles. The normalized spacial score (nSPS) is 15.8. The van der Waals surface area contributed by atoms with E-state index in [1.54, 1.807) is 25.1 Å². The number of nitrogens with zero attached hydrogens (tertiary/aromatic N) is 3. The Bertz CT molecular complexity index is 1450. The number of aromatic nitrogens is 1. The predicted octanol–water partition coefficient (Wildman–Crippen LogP) is 3.08. The van der Waals surface area contributed by atoms with Crippen molar-refractivity contribution in [3.8, 4) is 0 Å². The van der Waals surface area contributed by atoms with Gasteiger partial charge in [0, 0.05) is 16.6 Å². The molecule has 0 N–H and O–H groups in total. The molecule has 1 aliphatic rings. The second-order valence-corrected chi connectivity index (χ2v) is 8.90. The largest absolute Gasteiger partial charge is 0.466 e. The average Bonchev–Trinajstić information content (AvgIpc) is 3.07. The van der Waals surface area contributed by atoms with Crippen LogP contribution >= 0.6 is 27.3 Å². The Balaban J connectivity index is 1.93. The highest BCUT2D eigenvalue weighted by Crippen LogP contribution is 2.31. The van der Waals surface area contributed by atoms with Crippen LogP contribution in [-0.4, -0.2) is 22.6 Å². The lowest BCUT2D eigenvalue weighted by Crippen LogP contribution is -2.39. The second kappa shape index (κ2) is 8.64. The number of esters is 1. The van der Waals surface area contributed by atoms with E-state index in [0.717, 1.165) is 10.0 Å². The minimum Gasteiger partial charge on any atom is -0.466 e. The summed E-state index contributed by atoms with van der Waals surface area (Å²) < 4.78 is 7.68. The van der Waals surface area contributed by atoms with Crippen LogP contribution in [0.2, 0.25) is 0 Å². The number of halogens is 1. The number of methoxy groups -OCH3 is 1. The number of fused-ring (bicyclic) bond motifs is 1. The SMILES string of the molecule is COC(=O)C1=C(C)N=c2sc(=Cc3ccc([N+](=O)[O-])cc3)c(=O)n2C1c1cccc(Br)c1. The van der Waals surface area contributed by atoms with E-state index < -0.39 is 16.9 Å². The van der Waals surface area contributed by atoms with Gasteiger partial charge in [-0.3, -0.25) is 19.5 Å². The number of rotatable bonds is 4. The van der Waals surface area contributed by atoms with E-state index >= 15 is 0 Å². The summed E-state index contributed by atoms with van der Waals surface area (Å²) >= 11 is 4.64. The fourth-order valence-electron chi connectivity index (χ4n) is 3.53. The van der Waals surface area contributed by atoms with Crippen LogP contribution in [0.3, 0.4) is 0 Å². The Morgan fingerprint density at radius 2 is 2.00 bits per heavy atom. The highest BCUT2D eigenvalue weighted by atomic mass is 79.9. The lowest BCUT2D eigenvalue weighted by atomic mass is 9.96. The van der Waals surface area contributed by atoms with Gasteiger partial charge < -0.3 is 4.74 Å². The number of allylic oxidation sites excluding steroid dienone is 1. The summed E-state index contributed by atoms with van der Waals surface area (Å²) in [5.41, 5.74) is 1.80. The number of benzene rings is 2. The van der Waals surface area contributed by atoms with Crippen LogP contribution in [0, 0.1) is 10.1 Å². The molecule has 162 valence electrons. The van der Waals surface area contributed by atoms with Crippen LogP contribution < -0.4 is 14.9 Å². The van der Waals surface area contributed by atoms with Crippen LogP contribution in [0.5, 0.6) is 0 Å². The highest BCUT2D eigenvalue weighted by molar-refractivity contribution is 9.10. The van der Waals surface area contributed by atoms with E-state index in [1.165, 1.54) is 35.1 Å². The third kappa shape index (κ3) is 3.94. The summed E-state index contributed by atoms with van der Waals surface area (Å²) in [7, 11) is 1.29. The quantitative estimate of drug-likeness (QED) is 0.303. The molecule has 0 radical (unpaired) electrons. The maximum Gasteiger partial charge on any atom is 0.338 e. The Hall–Kier alpha value is -3.37. The van der Waals surface area contributed by atoms with Crippen LogP contribution in [-0.2, 0) is 9.53 Å². The van der Waals surface area contributed by atoms with Gasteiger partial charge in [-0.05, 0) is 48.4 Å². The Morgan fingerprint density at radius 1 is 1.28 bits per heavy atom. The first-order valence-corrected chi connectivity index (χ1v) is 11.0. The van der Waals surface area contributed by atoms with Crippen molar-refractivity contribution in [2.45, 2.75) is 13.0 Å². The molecule has 2 heterocycles. The number of hydrogen-bond acceptors (Lipinski definition) is 7. The minimum atomic E-state index is -0.699. The third-order valence-electron chi connectivity index (χ3n) is 4.99. The number of nitro benzene ring substituents is 1. The molecular formula is C22H16BrN3O5S. The molecule has 0 spiro atoms. The van der Waals surface area contributed by atoms with Crippen molar-refractivity contribution in [2.24, 2.45) is 4.99 Å². The second-order valence-electron chi connectivity index (χ2n) is 6.98. The van der Waals surface area contributed by atoms with E-state index in [-0.39, 0.29) is 11.2 Å². The molecule has 0 saturated carbocycles. The van der Waals surface area contributed by atoms with Gasteiger partial charge in [-0.1, -0.05) is 39.4 Å². The van der Waals surface area contributed by atoms with Crippen molar-refractivity contribution in [2.75, 3.05) is 7.11 Å². The molecule has 4 rings (SSSR count). The number of non-ortho nitro benzene ring substituents is 1. The minimum absolute atomic E-state index is 0.0309. The first-order chi connectivity index (χ1) is 15.3. The fraction of sp³-hybridized carbons (Fsp3) is 0.136. The number of hydrogen-bond donors (Lipinski definition) is 0. The lowest BCUT2D eigenvalue weighted by molar-refractivity contribution is -0.384. The summed E-state index contributed by atoms with van der Waals surface area (Å²) in [4.78, 5) is 41.4. The number of thiazole rings is 1. The standard InChI is InChI=1S/C22H16BrN3O5S/c1-12-18(21(28)31-2)19(14-4-3-5-15(23)11-14)25-20(27)17(32-22(25)24-12)10-13-6-8-16(9-7-13)26(29)30/h3-11,19H,1-2H3. The first kappa shape index (κ1) is 21.8. The summed E-state index contributed by atoms with van der Waals surface area (Å²) in [6, 6.07) is 12.6. The van der Waals surface area contributed by atoms with Gasteiger partial charge in [-0.2, -0.15) is 0 Å². The van der Waals surface area contributed by atoms with Crippen LogP contribution in [0.1, 0.15) is 24.1 Å². The van der Waals surface area contributed by atoms with Crippen molar-refractivity contribution in [1.82, 2.24) is 4.57 Å². The topological polar surface area (TPSA) is 104 Å². The molecule has 2 aromatic carbocycles. The van der Waals surface area contributed by atoms with Crippen LogP contribution in [0.15, 0.2) is 74.1 Å².